The molecule has 1 atom stereocenters. The van der Waals surface area contributed by atoms with E-state index in [1.807, 2.05) is 18.2 Å². The SMILES string of the molecule is CCOC(=O)C(C=NCCCCc1ccccc1)Cc1ccc(O)cc1[N+](=O)[O-]. The minimum Gasteiger partial charge on any atom is -0.508 e. The van der Waals surface area contributed by atoms with Gasteiger partial charge in [-0.3, -0.25) is 19.9 Å². The quantitative estimate of drug-likeness (QED) is 0.202. The molecule has 2 aromatic carbocycles. The van der Waals surface area contributed by atoms with Crippen molar-refractivity contribution in [1.29, 1.82) is 0 Å². The van der Waals surface area contributed by atoms with E-state index in [0.29, 0.717) is 12.1 Å². The third-order valence-corrected chi connectivity index (χ3v) is 4.43. The van der Waals surface area contributed by atoms with E-state index in [2.05, 4.69) is 17.1 Å². The van der Waals surface area contributed by atoms with Crippen LogP contribution in [0.5, 0.6) is 5.75 Å². The molecular formula is C22H26N2O5. The molecule has 0 saturated heterocycles. The van der Waals surface area contributed by atoms with E-state index < -0.39 is 16.8 Å². The van der Waals surface area contributed by atoms with Gasteiger partial charge in [0.15, 0.2) is 0 Å². The van der Waals surface area contributed by atoms with E-state index in [-0.39, 0.29) is 24.5 Å². The first-order chi connectivity index (χ1) is 14.0. The number of ether oxygens (including phenoxy) is 1. The summed E-state index contributed by atoms with van der Waals surface area (Å²) in [6, 6.07) is 14.1. The Morgan fingerprint density at radius 2 is 2.00 bits per heavy atom. The highest BCUT2D eigenvalue weighted by molar-refractivity contribution is 5.90. The molecule has 7 heteroatoms. The Kier molecular flexibility index (Phi) is 8.82. The van der Waals surface area contributed by atoms with Gasteiger partial charge in [-0.15, -0.1) is 0 Å². The van der Waals surface area contributed by atoms with Crippen LogP contribution in [0.3, 0.4) is 0 Å². The largest absolute Gasteiger partial charge is 0.508 e. The zero-order valence-corrected chi connectivity index (χ0v) is 16.5. The maximum atomic E-state index is 12.3. The highest BCUT2D eigenvalue weighted by Gasteiger charge is 2.23. The summed E-state index contributed by atoms with van der Waals surface area (Å²) in [5, 5.41) is 20.7. The van der Waals surface area contributed by atoms with Crippen LogP contribution in [0.2, 0.25) is 0 Å². The lowest BCUT2D eigenvalue weighted by molar-refractivity contribution is -0.385. The monoisotopic (exact) mass is 398 g/mol. The molecule has 0 amide bonds. The number of unbranched alkanes of at least 4 members (excludes halogenated alkanes) is 1. The number of aryl methyl sites for hydroxylation is 1. The second-order valence-corrected chi connectivity index (χ2v) is 6.63. The van der Waals surface area contributed by atoms with Gasteiger partial charge in [-0.2, -0.15) is 0 Å². The molecule has 0 fully saturated rings. The number of aliphatic imine (C=N–C) groups is 1. The summed E-state index contributed by atoms with van der Waals surface area (Å²) in [4.78, 5) is 27.3. The van der Waals surface area contributed by atoms with Crippen molar-refractivity contribution in [1.82, 2.24) is 0 Å². The molecule has 0 spiro atoms. The number of phenolic OH excluding ortho intramolecular Hbond substituents is 1. The van der Waals surface area contributed by atoms with Crippen molar-refractivity contribution in [3.05, 3.63) is 69.8 Å². The molecule has 0 aromatic heterocycles. The van der Waals surface area contributed by atoms with Gasteiger partial charge in [0.2, 0.25) is 0 Å². The Labute approximate surface area is 170 Å². The number of carbonyl (C=O) groups is 1. The number of hydrogen-bond acceptors (Lipinski definition) is 6. The molecule has 2 aromatic rings. The van der Waals surface area contributed by atoms with Gasteiger partial charge >= 0.3 is 5.97 Å². The molecule has 0 aliphatic heterocycles. The Morgan fingerprint density at radius 1 is 1.24 bits per heavy atom. The van der Waals surface area contributed by atoms with Crippen molar-refractivity contribution >= 4 is 17.9 Å². The Balaban J connectivity index is 1.96. The topological polar surface area (TPSA) is 102 Å². The van der Waals surface area contributed by atoms with E-state index in [9.17, 15) is 20.0 Å². The molecule has 1 N–H and O–H groups in total. The van der Waals surface area contributed by atoms with Crippen molar-refractivity contribution in [2.75, 3.05) is 13.2 Å². The van der Waals surface area contributed by atoms with Gasteiger partial charge < -0.3 is 9.84 Å². The molecule has 29 heavy (non-hydrogen) atoms. The average Bonchev–Trinajstić information content (AvgIpc) is 2.71. The van der Waals surface area contributed by atoms with Gasteiger partial charge in [-0.05, 0) is 50.3 Å². The fourth-order valence-corrected chi connectivity index (χ4v) is 2.96. The van der Waals surface area contributed by atoms with Crippen LogP contribution >= 0.6 is 0 Å². The van der Waals surface area contributed by atoms with Gasteiger partial charge in [-0.25, -0.2) is 0 Å². The van der Waals surface area contributed by atoms with Crippen molar-refractivity contribution in [3.8, 4) is 5.75 Å². The summed E-state index contributed by atoms with van der Waals surface area (Å²) in [5.41, 5.74) is 1.40. The Bertz CT molecular complexity index is 836. The summed E-state index contributed by atoms with van der Waals surface area (Å²) < 4.78 is 5.09. The first kappa shape index (κ1) is 22.1. The van der Waals surface area contributed by atoms with Crippen molar-refractivity contribution < 1.29 is 19.6 Å². The minimum absolute atomic E-state index is 0.0863. The molecule has 2 rings (SSSR count). The van der Waals surface area contributed by atoms with Crippen LogP contribution in [-0.2, 0) is 22.4 Å². The highest BCUT2D eigenvalue weighted by Crippen LogP contribution is 2.26. The predicted molar refractivity (Wildman–Crippen MR) is 111 cm³/mol. The number of nitrogens with zero attached hydrogens (tertiary/aromatic N) is 2. The van der Waals surface area contributed by atoms with E-state index in [1.54, 1.807) is 6.92 Å². The average molecular weight is 398 g/mol. The standard InChI is InChI=1S/C22H26N2O5/c1-2-29-22(26)19(14-18-11-12-20(25)15-21(18)24(27)28)16-23-13-7-6-10-17-8-4-3-5-9-17/h3-5,8-9,11-12,15-16,19,25H,2,6-7,10,13-14H2,1H3. The predicted octanol–water partition coefficient (Wildman–Crippen LogP) is 4.12. The second kappa shape index (κ2) is 11.6. The zero-order chi connectivity index (χ0) is 21.1. The highest BCUT2D eigenvalue weighted by atomic mass is 16.6. The molecule has 1 unspecified atom stereocenters. The number of carbonyl (C=O) groups excluding carboxylic acids is 1. The normalized spacial score (nSPS) is 12.0. The fourth-order valence-electron chi connectivity index (χ4n) is 2.96. The smallest absolute Gasteiger partial charge is 0.314 e. The number of benzene rings is 2. The maximum Gasteiger partial charge on any atom is 0.314 e. The molecular weight excluding hydrogens is 372 g/mol. The van der Waals surface area contributed by atoms with Crippen LogP contribution in [0.15, 0.2) is 53.5 Å². The van der Waals surface area contributed by atoms with Gasteiger partial charge in [0.1, 0.15) is 5.75 Å². The van der Waals surface area contributed by atoms with E-state index in [1.165, 1.54) is 23.9 Å². The van der Waals surface area contributed by atoms with Crippen LogP contribution in [0.1, 0.15) is 30.9 Å². The number of nitro groups is 1. The molecule has 0 aliphatic rings. The van der Waals surface area contributed by atoms with Crippen LogP contribution in [0, 0.1) is 16.0 Å². The van der Waals surface area contributed by atoms with Gasteiger partial charge in [-0.1, -0.05) is 30.3 Å². The fraction of sp³-hybridized carbons (Fsp3) is 0.364. The molecule has 0 bridgehead atoms. The Hall–Kier alpha value is -3.22. The summed E-state index contributed by atoms with van der Waals surface area (Å²) >= 11 is 0. The second-order valence-electron chi connectivity index (χ2n) is 6.63. The van der Waals surface area contributed by atoms with E-state index >= 15 is 0 Å². The van der Waals surface area contributed by atoms with Gasteiger partial charge in [0.05, 0.1) is 23.5 Å². The lowest BCUT2D eigenvalue weighted by Crippen LogP contribution is -2.22. The molecule has 0 heterocycles. The van der Waals surface area contributed by atoms with Crippen LogP contribution in [0.4, 0.5) is 5.69 Å². The molecule has 154 valence electrons. The number of esters is 1. The van der Waals surface area contributed by atoms with Crippen molar-refractivity contribution in [2.24, 2.45) is 10.9 Å². The summed E-state index contributed by atoms with van der Waals surface area (Å²) in [6.07, 6.45) is 4.44. The number of phenols is 1. The lowest BCUT2D eigenvalue weighted by atomic mass is 9.98. The summed E-state index contributed by atoms with van der Waals surface area (Å²) in [7, 11) is 0. The van der Waals surface area contributed by atoms with E-state index in [4.69, 9.17) is 4.74 Å². The first-order valence-electron chi connectivity index (χ1n) is 9.68. The summed E-state index contributed by atoms with van der Waals surface area (Å²) in [6.45, 7) is 2.50. The summed E-state index contributed by atoms with van der Waals surface area (Å²) in [5.74, 6) is -1.38. The van der Waals surface area contributed by atoms with Crippen LogP contribution in [-0.4, -0.2) is 35.4 Å². The number of aromatic hydroxyl groups is 1. The number of rotatable bonds is 11. The number of nitro benzene ring substituents is 1. The lowest BCUT2D eigenvalue weighted by Gasteiger charge is -2.12. The van der Waals surface area contributed by atoms with Crippen LogP contribution < -0.4 is 0 Å². The third-order valence-electron chi connectivity index (χ3n) is 4.43. The molecule has 0 aliphatic carbocycles. The number of hydrogen-bond donors (Lipinski definition) is 1. The first-order valence-corrected chi connectivity index (χ1v) is 9.68. The maximum absolute atomic E-state index is 12.3. The molecule has 0 radical (unpaired) electrons. The van der Waals surface area contributed by atoms with E-state index in [0.717, 1.165) is 25.3 Å². The molecule has 7 nitrogen and oxygen atoms in total. The van der Waals surface area contributed by atoms with Gasteiger partial charge in [0.25, 0.3) is 5.69 Å². The Morgan fingerprint density at radius 3 is 2.69 bits per heavy atom. The third kappa shape index (κ3) is 7.37. The van der Waals surface area contributed by atoms with Crippen molar-refractivity contribution in [2.45, 2.75) is 32.6 Å². The van der Waals surface area contributed by atoms with Crippen LogP contribution in [0.25, 0.3) is 0 Å². The molecule has 0 saturated carbocycles. The van der Waals surface area contributed by atoms with Crippen molar-refractivity contribution in [3.63, 3.8) is 0 Å². The van der Waals surface area contributed by atoms with Gasteiger partial charge in [0, 0.05) is 18.3 Å². The zero-order valence-electron chi connectivity index (χ0n) is 16.5. The minimum atomic E-state index is -0.715.